The molecule has 0 aliphatic carbocycles. The van der Waals surface area contributed by atoms with Gasteiger partial charge in [0.15, 0.2) is 6.10 Å². The van der Waals surface area contributed by atoms with E-state index in [0.717, 1.165) is 64.2 Å². The van der Waals surface area contributed by atoms with Crippen molar-refractivity contribution in [3.63, 3.8) is 0 Å². The van der Waals surface area contributed by atoms with Crippen LogP contribution in [0.15, 0.2) is 12.2 Å². The summed E-state index contributed by atoms with van der Waals surface area (Å²) in [4.78, 5) is 37.9. The fourth-order valence-electron chi connectivity index (χ4n) is 9.74. The van der Waals surface area contributed by atoms with E-state index in [2.05, 4.69) is 32.9 Å². The molecule has 0 N–H and O–H groups in total. The third-order valence-electron chi connectivity index (χ3n) is 14.5. The van der Waals surface area contributed by atoms with Crippen molar-refractivity contribution in [3.05, 3.63) is 12.2 Å². The Hall–Kier alpha value is -1.85. The normalized spacial score (nSPS) is 12.0. The van der Waals surface area contributed by atoms with Gasteiger partial charge in [-0.25, -0.2) is 0 Å². The Kier molecular flexibility index (Phi) is 58.1. The smallest absolute Gasteiger partial charge is 0.306 e. The number of carbonyl (C=O) groups is 3. The maximum atomic E-state index is 12.8. The zero-order valence-electron chi connectivity index (χ0n) is 47.6. The number of hydrogen-bond acceptors (Lipinski definition) is 6. The summed E-state index contributed by atoms with van der Waals surface area (Å²) in [5.41, 5.74) is 0. The van der Waals surface area contributed by atoms with Gasteiger partial charge in [-0.1, -0.05) is 309 Å². The molecule has 0 saturated heterocycles. The molecular weight excluding hydrogens is 865 g/mol. The number of ether oxygens (including phenoxy) is 3. The zero-order valence-corrected chi connectivity index (χ0v) is 47.6. The van der Waals surface area contributed by atoms with E-state index in [1.807, 2.05) is 0 Å². The van der Waals surface area contributed by atoms with Crippen LogP contribution in [0, 0.1) is 0 Å². The highest BCUT2D eigenvalue weighted by Gasteiger charge is 2.19. The van der Waals surface area contributed by atoms with E-state index in [4.69, 9.17) is 14.2 Å². The number of unbranched alkanes of at least 4 members (excludes halogenated alkanes) is 46. The van der Waals surface area contributed by atoms with Crippen molar-refractivity contribution in [1.29, 1.82) is 0 Å². The fourth-order valence-corrected chi connectivity index (χ4v) is 9.74. The van der Waals surface area contributed by atoms with Crippen molar-refractivity contribution in [2.75, 3.05) is 13.2 Å². The molecule has 0 radical (unpaired) electrons. The number of carbonyl (C=O) groups excluding carboxylic acids is 3. The van der Waals surface area contributed by atoms with Crippen molar-refractivity contribution in [1.82, 2.24) is 0 Å². The Morgan fingerprint density at radius 2 is 0.471 bits per heavy atom. The third kappa shape index (κ3) is 57.1. The highest BCUT2D eigenvalue weighted by atomic mass is 16.6. The van der Waals surface area contributed by atoms with Gasteiger partial charge in [0, 0.05) is 19.3 Å². The molecule has 1 unspecified atom stereocenters. The lowest BCUT2D eigenvalue weighted by Crippen LogP contribution is -2.30. The molecule has 6 nitrogen and oxygen atoms in total. The maximum absolute atomic E-state index is 12.8. The van der Waals surface area contributed by atoms with E-state index in [1.165, 1.54) is 257 Å². The minimum atomic E-state index is -0.767. The first-order chi connectivity index (χ1) is 34.5. The van der Waals surface area contributed by atoms with Crippen LogP contribution < -0.4 is 0 Å². The average Bonchev–Trinajstić information content (AvgIpc) is 3.36. The van der Waals surface area contributed by atoms with Crippen LogP contribution in [0.1, 0.15) is 361 Å². The molecule has 70 heavy (non-hydrogen) atoms. The van der Waals surface area contributed by atoms with Crippen molar-refractivity contribution >= 4 is 17.9 Å². The second kappa shape index (κ2) is 59.7. The minimum absolute atomic E-state index is 0.0683. The lowest BCUT2D eigenvalue weighted by molar-refractivity contribution is -0.167. The van der Waals surface area contributed by atoms with Gasteiger partial charge in [-0.05, 0) is 44.9 Å². The Balaban J connectivity index is 3.94. The summed E-state index contributed by atoms with van der Waals surface area (Å²) in [5, 5.41) is 0. The molecule has 1 atom stereocenters. The van der Waals surface area contributed by atoms with Crippen LogP contribution >= 0.6 is 0 Å². The summed E-state index contributed by atoms with van der Waals surface area (Å²) >= 11 is 0. The number of allylic oxidation sites excluding steroid dienone is 2. The van der Waals surface area contributed by atoms with Gasteiger partial charge in [-0.15, -0.1) is 0 Å². The minimum Gasteiger partial charge on any atom is -0.462 e. The summed E-state index contributed by atoms with van der Waals surface area (Å²) in [6, 6.07) is 0. The van der Waals surface area contributed by atoms with Crippen LogP contribution in [0.25, 0.3) is 0 Å². The van der Waals surface area contributed by atoms with Crippen molar-refractivity contribution < 1.29 is 28.6 Å². The lowest BCUT2D eigenvalue weighted by Gasteiger charge is -2.18. The predicted molar refractivity (Wildman–Crippen MR) is 303 cm³/mol. The summed E-state index contributed by atoms with van der Waals surface area (Å²) < 4.78 is 16.8. The van der Waals surface area contributed by atoms with Gasteiger partial charge in [-0.3, -0.25) is 14.4 Å². The Labute approximate surface area is 437 Å². The van der Waals surface area contributed by atoms with Crippen molar-refractivity contribution in [3.8, 4) is 0 Å². The van der Waals surface area contributed by atoms with Gasteiger partial charge < -0.3 is 14.2 Å². The Bertz CT molecular complexity index is 1090. The zero-order chi connectivity index (χ0) is 50.7. The third-order valence-corrected chi connectivity index (χ3v) is 14.5. The molecule has 0 amide bonds. The van der Waals surface area contributed by atoms with Gasteiger partial charge in [0.05, 0.1) is 0 Å². The standard InChI is InChI=1S/C64H122O6/c1-4-7-10-13-16-18-20-22-24-25-26-27-28-29-30-31-32-33-34-35-36-37-38-39-40-42-43-45-48-51-54-57-63(66)69-60-61(59-68-62(65)56-53-50-47-15-12-9-6-3)70-64(67)58-55-52-49-46-44-41-23-21-19-17-14-11-8-5-2/h21,23,61H,4-20,22,24-60H2,1-3H3/b23-21-. The van der Waals surface area contributed by atoms with E-state index >= 15 is 0 Å². The monoisotopic (exact) mass is 987 g/mol. The molecule has 414 valence electrons. The molecule has 6 heteroatoms. The van der Waals surface area contributed by atoms with Gasteiger partial charge in [-0.2, -0.15) is 0 Å². The van der Waals surface area contributed by atoms with E-state index in [1.54, 1.807) is 0 Å². The highest BCUT2D eigenvalue weighted by Crippen LogP contribution is 2.18. The van der Waals surface area contributed by atoms with E-state index in [-0.39, 0.29) is 31.1 Å². The van der Waals surface area contributed by atoms with Crippen LogP contribution in [0.4, 0.5) is 0 Å². The predicted octanol–water partition coefficient (Wildman–Crippen LogP) is 21.3. The number of hydrogen-bond donors (Lipinski definition) is 0. The molecule has 0 fully saturated rings. The summed E-state index contributed by atoms with van der Waals surface area (Å²) in [6.07, 6.45) is 69.8. The van der Waals surface area contributed by atoms with Crippen molar-refractivity contribution in [2.24, 2.45) is 0 Å². The molecule has 0 heterocycles. The van der Waals surface area contributed by atoms with Crippen LogP contribution in [-0.4, -0.2) is 37.2 Å². The molecule has 0 aliphatic heterocycles. The second-order valence-corrected chi connectivity index (χ2v) is 21.7. The summed E-state index contributed by atoms with van der Waals surface area (Å²) in [7, 11) is 0. The SMILES string of the molecule is CCCCCCC/C=C\CCCCCCCC(=O)OC(COC(=O)CCCCCCCCC)COC(=O)CCCCCCCCCCCCCCCCCCCCCCCCCCCCCCCCC. The van der Waals surface area contributed by atoms with Crippen molar-refractivity contribution in [2.45, 2.75) is 367 Å². The van der Waals surface area contributed by atoms with Gasteiger partial charge in [0.2, 0.25) is 0 Å². The van der Waals surface area contributed by atoms with Crippen LogP contribution in [0.2, 0.25) is 0 Å². The van der Waals surface area contributed by atoms with E-state index < -0.39 is 6.10 Å². The molecular formula is C64H122O6. The largest absolute Gasteiger partial charge is 0.462 e. The fraction of sp³-hybridized carbons (Fsp3) is 0.922. The van der Waals surface area contributed by atoms with Crippen LogP contribution in [0.5, 0.6) is 0 Å². The molecule has 0 saturated carbocycles. The molecule has 0 aromatic rings. The van der Waals surface area contributed by atoms with Gasteiger partial charge >= 0.3 is 17.9 Å². The first-order valence-electron chi connectivity index (χ1n) is 31.7. The maximum Gasteiger partial charge on any atom is 0.306 e. The summed E-state index contributed by atoms with van der Waals surface area (Å²) in [5.74, 6) is -0.862. The molecule has 0 bridgehead atoms. The van der Waals surface area contributed by atoms with Crippen LogP contribution in [0.3, 0.4) is 0 Å². The molecule has 0 rings (SSSR count). The molecule has 0 aromatic carbocycles. The molecule has 0 aromatic heterocycles. The van der Waals surface area contributed by atoms with Gasteiger partial charge in [0.1, 0.15) is 13.2 Å². The van der Waals surface area contributed by atoms with E-state index in [9.17, 15) is 14.4 Å². The number of rotatable bonds is 59. The quantitative estimate of drug-likeness (QED) is 0.0261. The Morgan fingerprint density at radius 3 is 0.714 bits per heavy atom. The van der Waals surface area contributed by atoms with E-state index in [0.29, 0.717) is 19.3 Å². The lowest BCUT2D eigenvalue weighted by atomic mass is 10.0. The second-order valence-electron chi connectivity index (χ2n) is 21.7. The molecule has 0 spiro atoms. The first-order valence-corrected chi connectivity index (χ1v) is 31.7. The highest BCUT2D eigenvalue weighted by molar-refractivity contribution is 5.71. The molecule has 0 aliphatic rings. The Morgan fingerprint density at radius 1 is 0.271 bits per heavy atom. The van der Waals surface area contributed by atoms with Gasteiger partial charge in [0.25, 0.3) is 0 Å². The number of esters is 3. The van der Waals surface area contributed by atoms with Crippen LogP contribution in [-0.2, 0) is 28.6 Å². The average molecular weight is 988 g/mol. The summed E-state index contributed by atoms with van der Waals surface area (Å²) in [6.45, 7) is 6.64. The first kappa shape index (κ1) is 68.2. The topological polar surface area (TPSA) is 78.9 Å².